The number of aromatic nitrogens is 1. The number of likely N-dealkylation sites (N-methyl/N-ethyl adjacent to an activating group) is 2. The summed E-state index contributed by atoms with van der Waals surface area (Å²) in [6, 6.07) is 46.7. The Morgan fingerprint density at radius 1 is 0.427 bits per heavy atom. The quantitative estimate of drug-likeness (QED) is 0.146. The summed E-state index contributed by atoms with van der Waals surface area (Å²) in [6.07, 6.45) is 9.35. The molecule has 1 saturated carbocycles. The summed E-state index contributed by atoms with van der Waals surface area (Å²) in [4.78, 5) is 12.0. The van der Waals surface area contributed by atoms with Gasteiger partial charge >= 0.3 is 0 Å². The topological polar surface area (TPSA) is 67.9 Å². The zero-order valence-corrected chi connectivity index (χ0v) is 69.1. The van der Waals surface area contributed by atoms with Crippen LogP contribution in [0.25, 0.3) is 0 Å². The van der Waals surface area contributed by atoms with Crippen molar-refractivity contribution in [3.8, 4) is 0 Å². The molecule has 3 N–H and O–H groups in total. The molecule has 8 heteroatoms. The third-order valence-electron chi connectivity index (χ3n) is 24.0. The molecule has 560 valence electrons. The molecule has 0 saturated heterocycles. The highest BCUT2D eigenvalue weighted by atomic mass is 16.5. The summed E-state index contributed by atoms with van der Waals surface area (Å²) in [7, 11) is 4.42. The third kappa shape index (κ3) is 20.7. The van der Waals surface area contributed by atoms with E-state index in [-0.39, 0.29) is 16.5 Å². The molecule has 8 aliphatic rings. The van der Waals surface area contributed by atoms with E-state index in [1.54, 1.807) is 11.1 Å². The number of ether oxygens (including phenoxy) is 1. The maximum absolute atomic E-state index is 5.43. The molecule has 0 amide bonds. The molecule has 7 aliphatic heterocycles. The summed E-state index contributed by atoms with van der Waals surface area (Å²) in [5, 5.41) is 10.6. The van der Waals surface area contributed by atoms with Crippen LogP contribution < -0.4 is 16.0 Å². The Balaban J connectivity index is 0.000000140. The van der Waals surface area contributed by atoms with Gasteiger partial charge in [0, 0.05) is 111 Å². The second kappa shape index (κ2) is 34.8. The zero-order chi connectivity index (χ0) is 74.9. The van der Waals surface area contributed by atoms with Crippen molar-refractivity contribution < 1.29 is 4.74 Å². The minimum Gasteiger partial charge on any atom is -0.376 e. The summed E-state index contributed by atoms with van der Waals surface area (Å²) in [6.45, 7) is 62.8. The van der Waals surface area contributed by atoms with Gasteiger partial charge in [-0.3, -0.25) is 14.8 Å². The van der Waals surface area contributed by atoms with E-state index >= 15 is 0 Å². The molecule has 103 heavy (non-hydrogen) atoms. The van der Waals surface area contributed by atoms with Crippen molar-refractivity contribution in [1.29, 1.82) is 0 Å². The Bertz CT molecular complexity index is 3850. The van der Waals surface area contributed by atoms with Gasteiger partial charge in [-0.15, -0.1) is 0 Å². The lowest BCUT2D eigenvalue weighted by atomic mass is 9.78. The summed E-state index contributed by atoms with van der Waals surface area (Å²) < 4.78 is 5.43. The fraction of sp³-hybridized carbons (Fsp3) is 0.568. The van der Waals surface area contributed by atoms with E-state index in [1.807, 2.05) is 0 Å². The lowest BCUT2D eigenvalue weighted by Crippen LogP contribution is -2.44. The minimum atomic E-state index is 0.137. The number of fused-ring (bicyclic) bond motifs is 8. The Morgan fingerprint density at radius 3 is 1.52 bits per heavy atom. The number of hydrogen-bond acceptors (Lipinski definition) is 8. The Labute approximate surface area is 628 Å². The van der Waals surface area contributed by atoms with Crippen molar-refractivity contribution in [2.45, 2.75) is 293 Å². The van der Waals surface area contributed by atoms with E-state index in [4.69, 9.17) is 4.74 Å². The summed E-state index contributed by atoms with van der Waals surface area (Å²) in [5.74, 6) is 3.70. The number of benzene rings is 6. The molecular weight excluding hydrogens is 1260 g/mol. The van der Waals surface area contributed by atoms with E-state index < -0.39 is 0 Å². The summed E-state index contributed by atoms with van der Waals surface area (Å²) in [5.41, 5.74) is 30.9. The van der Waals surface area contributed by atoms with Gasteiger partial charge in [0.1, 0.15) is 0 Å². The second-order valence-corrected chi connectivity index (χ2v) is 36.2. The fourth-order valence-electron chi connectivity index (χ4n) is 16.4. The molecule has 6 aromatic carbocycles. The molecule has 0 atom stereocenters. The molecular formula is C95H139N7O. The molecule has 0 bridgehead atoms. The maximum Gasteiger partial charge on any atom is 0.0719 e. The van der Waals surface area contributed by atoms with Crippen LogP contribution in [0.1, 0.15) is 312 Å². The number of nitrogens with one attached hydrogen (secondary N) is 3. The molecule has 0 radical (unpaired) electrons. The first-order valence-corrected chi connectivity index (χ1v) is 40.2. The van der Waals surface area contributed by atoms with E-state index in [1.165, 1.54) is 133 Å². The second-order valence-electron chi connectivity index (χ2n) is 36.2. The van der Waals surface area contributed by atoms with Crippen LogP contribution in [-0.2, 0) is 90.5 Å². The molecule has 1 spiro atoms. The average Bonchev–Trinajstić information content (AvgIpc) is 1.64. The van der Waals surface area contributed by atoms with Crippen LogP contribution in [0.4, 0.5) is 0 Å². The number of rotatable bonds is 7. The van der Waals surface area contributed by atoms with Crippen molar-refractivity contribution in [2.24, 2.45) is 0 Å². The smallest absolute Gasteiger partial charge is 0.0719 e. The van der Waals surface area contributed by atoms with Crippen LogP contribution in [0.2, 0.25) is 0 Å². The SMILES string of the molecule is CC(C)c1ccc2c(c1)C(C)(C)N(C)CC2.CC(C)c1ccc2c(c1)C(C)(C)NCC2.CC(C)c1ccc2c(c1)CNCC2(C)C.CC(C)c1ccc2c(c1)CNCC21CC1.CC(C)c1ccc2c(c1)COCC2.CC(C)c1cnc2c(c1)CN(C(C)C)CC2.CN1Cc2ccccc2C(C)(C)C1. The maximum atomic E-state index is 5.43. The summed E-state index contributed by atoms with van der Waals surface area (Å²) >= 11 is 0. The number of hydrogen-bond donors (Lipinski definition) is 3. The first-order valence-electron chi connectivity index (χ1n) is 40.2. The Kier molecular flexibility index (Phi) is 27.5. The van der Waals surface area contributed by atoms with Gasteiger partial charge in [0.05, 0.1) is 13.2 Å². The lowest BCUT2D eigenvalue weighted by Gasteiger charge is -2.42. The highest BCUT2D eigenvalue weighted by molar-refractivity contribution is 5.46. The van der Waals surface area contributed by atoms with Crippen LogP contribution in [0.15, 0.2) is 128 Å². The van der Waals surface area contributed by atoms with Gasteiger partial charge in [-0.1, -0.05) is 232 Å². The molecule has 1 aliphatic carbocycles. The van der Waals surface area contributed by atoms with Crippen LogP contribution in [-0.4, -0.2) is 85.7 Å². The molecule has 8 nitrogen and oxygen atoms in total. The Hall–Kier alpha value is -5.81. The molecule has 7 aromatic rings. The van der Waals surface area contributed by atoms with Crippen LogP contribution >= 0.6 is 0 Å². The number of nitrogens with zero attached hydrogens (tertiary/aromatic N) is 4. The molecule has 8 heterocycles. The molecule has 0 unspecified atom stereocenters. The third-order valence-corrected chi connectivity index (χ3v) is 24.0. The Morgan fingerprint density at radius 2 is 0.932 bits per heavy atom. The molecule has 1 aromatic heterocycles. The van der Waals surface area contributed by atoms with E-state index in [2.05, 4.69) is 330 Å². The van der Waals surface area contributed by atoms with Gasteiger partial charge in [0.15, 0.2) is 0 Å². The predicted molar refractivity (Wildman–Crippen MR) is 441 cm³/mol. The van der Waals surface area contributed by atoms with Gasteiger partial charge in [0.2, 0.25) is 0 Å². The first-order chi connectivity index (χ1) is 48.6. The van der Waals surface area contributed by atoms with Gasteiger partial charge in [-0.2, -0.15) is 0 Å². The molecule has 1 fully saturated rings. The van der Waals surface area contributed by atoms with E-state index in [9.17, 15) is 0 Å². The predicted octanol–water partition coefficient (Wildman–Crippen LogP) is 21.1. The van der Waals surface area contributed by atoms with Crippen LogP contribution in [0.5, 0.6) is 0 Å². The van der Waals surface area contributed by atoms with Crippen molar-refractivity contribution >= 4 is 0 Å². The monoisotopic (exact) mass is 1390 g/mol. The van der Waals surface area contributed by atoms with Crippen molar-refractivity contribution in [1.82, 2.24) is 35.6 Å². The standard InChI is InChI=1S/C15H23N.C14H22N2.C14H19N.2C14H21N.C12H17N.C12H16O/c1-11(2)13-7-6-12-8-9-16(5)15(3,4)14(12)10-13;1-10(2)12-7-13-9-16(11(3)4)6-5-14(13)15-8-12;1-10(2)11-3-4-13-12(7-11)8-15-9-14(13)5-6-14;1-10(2)11-5-6-13-12(7-11)8-15-9-14(13,3)4;1-10(2)12-6-5-11-7-8-15-14(3,4)13(11)9-12;1-12(2)9-13(3)8-10-6-4-5-7-11(10)12;1-9(2)11-4-3-10-5-6-13-8-12(10)7-11/h6-7,10-11H,8-9H2,1-5H3;7-8,10-11H,5-6,9H2,1-4H3;3-4,7,10,15H,5-6,8-9H2,1-2H3;5-7,10,15H,8-9H2,1-4H3;5-6,9-10,15H,7-8H2,1-4H3;4-7H,8-9H2,1-3H3;3-4,7,9H,5-6,8H2,1-2H3. The number of pyridine rings is 1. The van der Waals surface area contributed by atoms with Gasteiger partial charge < -0.3 is 25.6 Å². The van der Waals surface area contributed by atoms with Gasteiger partial charge in [-0.25, -0.2) is 0 Å². The van der Waals surface area contributed by atoms with Crippen LogP contribution in [0, 0.1) is 0 Å². The fourth-order valence-corrected chi connectivity index (χ4v) is 16.4. The van der Waals surface area contributed by atoms with Crippen molar-refractivity contribution in [3.63, 3.8) is 0 Å². The van der Waals surface area contributed by atoms with Crippen LogP contribution in [0.3, 0.4) is 0 Å². The lowest BCUT2D eigenvalue weighted by molar-refractivity contribution is 0.110. The minimum absolute atomic E-state index is 0.137. The van der Waals surface area contributed by atoms with Gasteiger partial charge in [0.25, 0.3) is 0 Å². The first kappa shape index (κ1) is 81.3. The van der Waals surface area contributed by atoms with E-state index in [0.29, 0.717) is 52.4 Å². The zero-order valence-electron chi connectivity index (χ0n) is 69.1. The molecule has 15 rings (SSSR count). The highest BCUT2D eigenvalue weighted by Gasteiger charge is 2.47. The van der Waals surface area contributed by atoms with Crippen molar-refractivity contribution in [3.05, 3.63) is 239 Å². The van der Waals surface area contributed by atoms with Gasteiger partial charge in [-0.05, 0) is 235 Å². The van der Waals surface area contributed by atoms with Crippen molar-refractivity contribution in [2.75, 3.05) is 60.0 Å². The normalized spacial score (nSPS) is 19.1. The van der Waals surface area contributed by atoms with E-state index in [0.717, 1.165) is 84.8 Å². The average molecular weight is 1400 g/mol. The largest absolute Gasteiger partial charge is 0.376 e. The highest BCUT2D eigenvalue weighted by Crippen LogP contribution is 2.51.